The lowest BCUT2D eigenvalue weighted by Crippen LogP contribution is -2.37. The minimum Gasteiger partial charge on any atom is -0.379 e. The van der Waals surface area contributed by atoms with Crippen molar-refractivity contribution in [1.82, 2.24) is 19.9 Å². The number of aromatic nitrogens is 3. The third-order valence-electron chi connectivity index (χ3n) is 4.21. The molecule has 3 heterocycles. The van der Waals surface area contributed by atoms with Gasteiger partial charge in [0.1, 0.15) is 12.1 Å². The summed E-state index contributed by atoms with van der Waals surface area (Å²) in [5.74, 6) is 0.800. The second kappa shape index (κ2) is 9.19. The normalized spacial score (nSPS) is 14.7. The monoisotopic (exact) mass is 373 g/mol. The number of pyridine rings is 1. The molecule has 0 bridgehead atoms. The highest BCUT2D eigenvalue weighted by Crippen LogP contribution is 2.30. The first-order valence-corrected chi connectivity index (χ1v) is 8.86. The fourth-order valence-corrected chi connectivity index (χ4v) is 2.77. The molecular weight excluding hydrogens is 350 g/mol. The summed E-state index contributed by atoms with van der Waals surface area (Å²) >= 11 is 0. The predicted molar refractivity (Wildman–Crippen MR) is 101 cm³/mol. The molecular formula is C17H23N7O3. The van der Waals surface area contributed by atoms with Crippen LogP contribution in [-0.4, -0.2) is 64.2 Å². The van der Waals surface area contributed by atoms with E-state index in [1.165, 1.54) is 6.33 Å². The van der Waals surface area contributed by atoms with Gasteiger partial charge in [-0.15, -0.1) is 0 Å². The van der Waals surface area contributed by atoms with Crippen molar-refractivity contribution < 1.29 is 9.66 Å². The van der Waals surface area contributed by atoms with E-state index in [1.807, 2.05) is 13.0 Å². The van der Waals surface area contributed by atoms with Crippen molar-refractivity contribution in [2.45, 2.75) is 13.3 Å². The molecule has 0 spiro atoms. The number of ether oxygens (including phenoxy) is 1. The Labute approximate surface area is 157 Å². The molecule has 2 aromatic heterocycles. The maximum atomic E-state index is 11.6. The van der Waals surface area contributed by atoms with Gasteiger partial charge in [-0.05, 0) is 31.5 Å². The van der Waals surface area contributed by atoms with Crippen LogP contribution in [0.5, 0.6) is 0 Å². The summed E-state index contributed by atoms with van der Waals surface area (Å²) in [6.45, 7) is 6.77. The first-order chi connectivity index (χ1) is 13.1. The van der Waals surface area contributed by atoms with Crippen LogP contribution in [0.3, 0.4) is 0 Å². The van der Waals surface area contributed by atoms with Crippen LogP contribution in [0, 0.1) is 17.0 Å². The fraction of sp³-hybridized carbons (Fsp3) is 0.471. The van der Waals surface area contributed by atoms with Crippen molar-refractivity contribution in [3.05, 3.63) is 40.3 Å². The van der Waals surface area contributed by atoms with Gasteiger partial charge in [0, 0.05) is 25.8 Å². The maximum Gasteiger partial charge on any atom is 0.353 e. The van der Waals surface area contributed by atoms with Gasteiger partial charge in [0.2, 0.25) is 11.6 Å². The van der Waals surface area contributed by atoms with E-state index in [2.05, 4.69) is 30.5 Å². The molecule has 0 unspecified atom stereocenters. The Bertz CT molecular complexity index is 764. The number of hydrogen-bond acceptors (Lipinski definition) is 9. The van der Waals surface area contributed by atoms with Gasteiger partial charge in [-0.3, -0.25) is 15.0 Å². The van der Waals surface area contributed by atoms with Crippen LogP contribution in [0.2, 0.25) is 0 Å². The van der Waals surface area contributed by atoms with Gasteiger partial charge in [0.05, 0.1) is 18.1 Å². The van der Waals surface area contributed by atoms with Crippen molar-refractivity contribution in [3.8, 4) is 0 Å². The molecule has 144 valence electrons. The van der Waals surface area contributed by atoms with Crippen molar-refractivity contribution in [1.29, 1.82) is 0 Å². The second-order valence-corrected chi connectivity index (χ2v) is 6.26. The molecule has 1 saturated heterocycles. The highest BCUT2D eigenvalue weighted by molar-refractivity contribution is 5.72. The number of rotatable bonds is 8. The summed E-state index contributed by atoms with van der Waals surface area (Å²) in [5.41, 5.74) is 0.812. The van der Waals surface area contributed by atoms with Crippen LogP contribution < -0.4 is 10.6 Å². The van der Waals surface area contributed by atoms with Gasteiger partial charge in [0.25, 0.3) is 0 Å². The molecule has 10 nitrogen and oxygen atoms in total. The topological polar surface area (TPSA) is 118 Å². The molecule has 1 fully saturated rings. The van der Waals surface area contributed by atoms with Gasteiger partial charge in [-0.1, -0.05) is 6.07 Å². The highest BCUT2D eigenvalue weighted by Gasteiger charge is 2.23. The van der Waals surface area contributed by atoms with E-state index in [0.717, 1.165) is 44.8 Å². The summed E-state index contributed by atoms with van der Waals surface area (Å²) in [6, 6.07) is 3.61. The predicted octanol–water partition coefficient (Wildman–Crippen LogP) is 1.97. The minimum atomic E-state index is -0.485. The second-order valence-electron chi connectivity index (χ2n) is 6.26. The van der Waals surface area contributed by atoms with E-state index in [0.29, 0.717) is 12.4 Å². The SMILES string of the molecule is Cc1ccc(Nc2ncnc(NCCCN3CCOCC3)c2[N+](=O)[O-])nc1. The molecule has 0 radical (unpaired) electrons. The minimum absolute atomic E-state index is 0.113. The average molecular weight is 373 g/mol. The van der Waals surface area contributed by atoms with E-state index < -0.39 is 4.92 Å². The molecule has 0 aromatic carbocycles. The quantitative estimate of drug-likeness (QED) is 0.406. The zero-order valence-electron chi connectivity index (χ0n) is 15.2. The first-order valence-electron chi connectivity index (χ1n) is 8.86. The van der Waals surface area contributed by atoms with E-state index in [4.69, 9.17) is 4.74 Å². The summed E-state index contributed by atoms with van der Waals surface area (Å²) in [6.07, 6.45) is 3.83. The van der Waals surface area contributed by atoms with Gasteiger partial charge in [0.15, 0.2) is 0 Å². The average Bonchev–Trinajstić information content (AvgIpc) is 2.68. The van der Waals surface area contributed by atoms with Gasteiger partial charge < -0.3 is 15.4 Å². The molecule has 0 amide bonds. The van der Waals surface area contributed by atoms with Crippen molar-refractivity contribution in [2.75, 3.05) is 50.0 Å². The number of aryl methyl sites for hydroxylation is 1. The number of nitro groups is 1. The summed E-state index contributed by atoms with van der Waals surface area (Å²) in [4.78, 5) is 25.7. The maximum absolute atomic E-state index is 11.6. The van der Waals surface area contributed by atoms with Crippen molar-refractivity contribution in [2.24, 2.45) is 0 Å². The lowest BCUT2D eigenvalue weighted by atomic mass is 10.3. The van der Waals surface area contributed by atoms with E-state index in [-0.39, 0.29) is 17.3 Å². The van der Waals surface area contributed by atoms with Gasteiger partial charge >= 0.3 is 5.69 Å². The van der Waals surface area contributed by atoms with Crippen molar-refractivity contribution in [3.63, 3.8) is 0 Å². The molecule has 2 N–H and O–H groups in total. The summed E-state index contributed by atoms with van der Waals surface area (Å²) in [7, 11) is 0. The molecule has 3 rings (SSSR count). The van der Waals surface area contributed by atoms with Gasteiger partial charge in [-0.25, -0.2) is 15.0 Å². The number of nitrogens with one attached hydrogen (secondary N) is 2. The molecule has 27 heavy (non-hydrogen) atoms. The molecule has 1 aliphatic rings. The lowest BCUT2D eigenvalue weighted by molar-refractivity contribution is -0.383. The Morgan fingerprint density at radius 1 is 1.22 bits per heavy atom. The van der Waals surface area contributed by atoms with Crippen molar-refractivity contribution >= 4 is 23.1 Å². The van der Waals surface area contributed by atoms with Crippen LogP contribution in [0.1, 0.15) is 12.0 Å². The number of morpholine rings is 1. The van der Waals surface area contributed by atoms with Crippen LogP contribution in [0.4, 0.5) is 23.1 Å². The Balaban J connectivity index is 1.63. The number of anilines is 3. The lowest BCUT2D eigenvalue weighted by Gasteiger charge is -2.26. The Morgan fingerprint density at radius 3 is 2.70 bits per heavy atom. The highest BCUT2D eigenvalue weighted by atomic mass is 16.6. The van der Waals surface area contributed by atoms with E-state index >= 15 is 0 Å². The fourth-order valence-electron chi connectivity index (χ4n) is 2.77. The molecule has 10 heteroatoms. The Morgan fingerprint density at radius 2 is 2.00 bits per heavy atom. The van der Waals surface area contributed by atoms with Gasteiger partial charge in [-0.2, -0.15) is 0 Å². The molecule has 0 atom stereocenters. The van der Waals surface area contributed by atoms with E-state index in [9.17, 15) is 10.1 Å². The number of hydrogen-bond donors (Lipinski definition) is 2. The summed E-state index contributed by atoms with van der Waals surface area (Å²) < 4.78 is 5.32. The molecule has 2 aromatic rings. The summed E-state index contributed by atoms with van der Waals surface area (Å²) in [5, 5.41) is 17.5. The molecule has 0 saturated carbocycles. The Hall–Kier alpha value is -2.85. The van der Waals surface area contributed by atoms with Crippen LogP contribution >= 0.6 is 0 Å². The smallest absolute Gasteiger partial charge is 0.353 e. The Kier molecular flexibility index (Phi) is 6.44. The standard InChI is InChI=1S/C17H23N7O3/c1-13-3-4-14(19-11-13)22-17-15(24(25)26)16(20-12-21-17)18-5-2-6-23-7-9-27-10-8-23/h3-4,11-12H,2,5-10H2,1H3,(H2,18,19,20,21,22). The molecule has 1 aliphatic heterocycles. The number of nitrogens with zero attached hydrogens (tertiary/aromatic N) is 5. The molecule has 0 aliphatic carbocycles. The largest absolute Gasteiger partial charge is 0.379 e. The van der Waals surface area contributed by atoms with E-state index in [1.54, 1.807) is 12.3 Å². The zero-order valence-corrected chi connectivity index (χ0v) is 15.2. The third kappa shape index (κ3) is 5.31. The first kappa shape index (κ1) is 18.9. The van der Waals surface area contributed by atoms with Crippen LogP contribution in [0.15, 0.2) is 24.7 Å². The van der Waals surface area contributed by atoms with Crippen LogP contribution in [0.25, 0.3) is 0 Å². The third-order valence-corrected chi connectivity index (χ3v) is 4.21. The van der Waals surface area contributed by atoms with Crippen LogP contribution in [-0.2, 0) is 4.74 Å². The zero-order chi connectivity index (χ0) is 19.1.